The minimum absolute atomic E-state index is 0.164. The minimum atomic E-state index is 0.164. The smallest absolute Gasteiger partial charge is 0.159 e. The molecule has 0 atom stereocenters. The van der Waals surface area contributed by atoms with E-state index in [2.05, 4.69) is 19.9 Å². The number of carbonyl (C=O) groups is 1. The summed E-state index contributed by atoms with van der Waals surface area (Å²) in [5.74, 6) is 0.164. The van der Waals surface area contributed by atoms with Gasteiger partial charge in [-0.05, 0) is 18.8 Å². The van der Waals surface area contributed by atoms with Crippen LogP contribution in [0.1, 0.15) is 27.2 Å². The molecule has 0 saturated heterocycles. The summed E-state index contributed by atoms with van der Waals surface area (Å²) >= 11 is 0. The molecule has 0 aromatic rings. The normalized spacial score (nSPS) is 21.2. The van der Waals surface area contributed by atoms with Crippen LogP contribution in [0.5, 0.6) is 0 Å². The average Bonchev–Trinajstić information content (AvgIpc) is 1.86. The number of hydrogen-bond donors (Lipinski definition) is 0. The molecular weight excluding hydrogens is 136 g/mol. The van der Waals surface area contributed by atoms with Crippen LogP contribution in [0, 0.1) is 5.41 Å². The molecule has 0 unspecified atom stereocenters. The summed E-state index contributed by atoms with van der Waals surface area (Å²) in [6.45, 7) is 5.93. The van der Waals surface area contributed by atoms with Crippen LogP contribution in [0.3, 0.4) is 0 Å². The second-order valence-corrected chi connectivity index (χ2v) is 3.74. The SMILES string of the molecule is CC(=O)C1=CCC(C)(C)C=C1. The van der Waals surface area contributed by atoms with E-state index in [1.807, 2.05) is 12.2 Å². The van der Waals surface area contributed by atoms with Gasteiger partial charge in [-0.15, -0.1) is 0 Å². The van der Waals surface area contributed by atoms with E-state index in [0.29, 0.717) is 0 Å². The molecule has 0 heterocycles. The summed E-state index contributed by atoms with van der Waals surface area (Å²) in [6.07, 6.45) is 7.01. The van der Waals surface area contributed by atoms with Gasteiger partial charge >= 0.3 is 0 Å². The first-order chi connectivity index (χ1) is 5.01. The molecule has 60 valence electrons. The maximum Gasteiger partial charge on any atom is 0.159 e. The lowest BCUT2D eigenvalue weighted by Crippen LogP contribution is -2.10. The van der Waals surface area contributed by atoms with E-state index in [1.54, 1.807) is 6.92 Å². The van der Waals surface area contributed by atoms with E-state index in [4.69, 9.17) is 0 Å². The Bertz CT molecular complexity index is 231. The van der Waals surface area contributed by atoms with Crippen molar-refractivity contribution in [3.63, 3.8) is 0 Å². The van der Waals surface area contributed by atoms with E-state index in [-0.39, 0.29) is 11.2 Å². The molecule has 1 aliphatic carbocycles. The summed E-state index contributed by atoms with van der Waals surface area (Å²) in [5.41, 5.74) is 1.09. The topological polar surface area (TPSA) is 17.1 Å². The van der Waals surface area contributed by atoms with E-state index in [0.717, 1.165) is 12.0 Å². The lowest BCUT2D eigenvalue weighted by atomic mass is 9.83. The molecule has 1 rings (SSSR count). The highest BCUT2D eigenvalue weighted by Gasteiger charge is 2.16. The van der Waals surface area contributed by atoms with Crippen LogP contribution in [0.15, 0.2) is 23.8 Å². The fraction of sp³-hybridized carbons (Fsp3) is 0.500. The van der Waals surface area contributed by atoms with Crippen molar-refractivity contribution in [3.8, 4) is 0 Å². The van der Waals surface area contributed by atoms with Gasteiger partial charge in [0.1, 0.15) is 0 Å². The maximum atomic E-state index is 10.9. The van der Waals surface area contributed by atoms with Gasteiger partial charge < -0.3 is 0 Å². The Morgan fingerprint density at radius 1 is 1.55 bits per heavy atom. The Hall–Kier alpha value is -0.850. The molecule has 0 aliphatic heterocycles. The quantitative estimate of drug-likeness (QED) is 0.561. The first-order valence-corrected chi connectivity index (χ1v) is 3.92. The van der Waals surface area contributed by atoms with Gasteiger partial charge in [-0.3, -0.25) is 4.79 Å². The van der Waals surface area contributed by atoms with Gasteiger partial charge in [0.05, 0.1) is 0 Å². The third kappa shape index (κ3) is 2.04. The zero-order chi connectivity index (χ0) is 8.48. The lowest BCUT2D eigenvalue weighted by Gasteiger charge is -2.21. The summed E-state index contributed by atoms with van der Waals surface area (Å²) in [4.78, 5) is 10.9. The van der Waals surface area contributed by atoms with Crippen molar-refractivity contribution >= 4 is 5.78 Å². The summed E-state index contributed by atoms with van der Waals surface area (Å²) in [7, 11) is 0. The van der Waals surface area contributed by atoms with Crippen LogP contribution in [-0.2, 0) is 4.79 Å². The Morgan fingerprint density at radius 3 is 2.55 bits per heavy atom. The molecule has 0 spiro atoms. The number of rotatable bonds is 1. The van der Waals surface area contributed by atoms with E-state index in [1.165, 1.54) is 0 Å². The van der Waals surface area contributed by atoms with Crippen molar-refractivity contribution in [2.24, 2.45) is 5.41 Å². The van der Waals surface area contributed by atoms with Gasteiger partial charge in [-0.2, -0.15) is 0 Å². The Balaban J connectivity index is 2.75. The highest BCUT2D eigenvalue weighted by molar-refractivity contribution is 5.96. The second kappa shape index (κ2) is 2.65. The van der Waals surface area contributed by atoms with Gasteiger partial charge in [0.15, 0.2) is 5.78 Å². The van der Waals surface area contributed by atoms with Crippen molar-refractivity contribution in [2.45, 2.75) is 27.2 Å². The van der Waals surface area contributed by atoms with Crippen LogP contribution < -0.4 is 0 Å². The minimum Gasteiger partial charge on any atom is -0.295 e. The van der Waals surface area contributed by atoms with Crippen molar-refractivity contribution in [1.29, 1.82) is 0 Å². The fourth-order valence-electron chi connectivity index (χ4n) is 1.09. The zero-order valence-electron chi connectivity index (χ0n) is 7.35. The van der Waals surface area contributed by atoms with Crippen LogP contribution >= 0.6 is 0 Å². The van der Waals surface area contributed by atoms with Crippen molar-refractivity contribution in [3.05, 3.63) is 23.8 Å². The predicted octanol–water partition coefficient (Wildman–Crippen LogP) is 2.49. The van der Waals surface area contributed by atoms with E-state index in [9.17, 15) is 4.79 Å². The summed E-state index contributed by atoms with van der Waals surface area (Å²) < 4.78 is 0. The molecule has 0 aromatic heterocycles. The van der Waals surface area contributed by atoms with Gasteiger partial charge in [0.25, 0.3) is 0 Å². The number of allylic oxidation sites excluding steroid dienone is 4. The number of carbonyl (C=O) groups excluding carboxylic acids is 1. The lowest BCUT2D eigenvalue weighted by molar-refractivity contribution is -0.113. The molecule has 1 nitrogen and oxygen atoms in total. The molecule has 1 heteroatoms. The highest BCUT2D eigenvalue weighted by Crippen LogP contribution is 2.28. The van der Waals surface area contributed by atoms with Crippen molar-refractivity contribution in [1.82, 2.24) is 0 Å². The molecule has 0 amide bonds. The third-order valence-corrected chi connectivity index (χ3v) is 1.97. The molecule has 0 saturated carbocycles. The molecule has 1 aliphatic rings. The largest absolute Gasteiger partial charge is 0.295 e. The standard InChI is InChI=1S/C10H14O/c1-8(11)9-4-6-10(2,3)7-5-9/h4-6H,7H2,1-3H3. The Labute approximate surface area is 67.8 Å². The molecule has 0 N–H and O–H groups in total. The van der Waals surface area contributed by atoms with Crippen molar-refractivity contribution in [2.75, 3.05) is 0 Å². The third-order valence-electron chi connectivity index (χ3n) is 1.97. The first kappa shape index (κ1) is 8.25. The van der Waals surface area contributed by atoms with Crippen LogP contribution in [0.4, 0.5) is 0 Å². The van der Waals surface area contributed by atoms with E-state index < -0.39 is 0 Å². The van der Waals surface area contributed by atoms with Crippen LogP contribution in [0.25, 0.3) is 0 Å². The van der Waals surface area contributed by atoms with Crippen LogP contribution in [0.2, 0.25) is 0 Å². The number of Topliss-reactive ketones (excluding diaryl/α,β-unsaturated/α-hetero) is 1. The van der Waals surface area contributed by atoms with Gasteiger partial charge in [-0.25, -0.2) is 0 Å². The van der Waals surface area contributed by atoms with Gasteiger partial charge in [0.2, 0.25) is 0 Å². The fourth-order valence-corrected chi connectivity index (χ4v) is 1.09. The summed E-state index contributed by atoms with van der Waals surface area (Å²) in [6, 6.07) is 0. The molecule has 0 fully saturated rings. The number of hydrogen-bond acceptors (Lipinski definition) is 1. The number of ketones is 1. The summed E-state index contributed by atoms with van der Waals surface area (Å²) in [5, 5.41) is 0. The van der Waals surface area contributed by atoms with Gasteiger partial charge in [0, 0.05) is 5.57 Å². The molecule has 0 bridgehead atoms. The Morgan fingerprint density at radius 2 is 2.18 bits per heavy atom. The predicted molar refractivity (Wildman–Crippen MR) is 46.3 cm³/mol. The monoisotopic (exact) mass is 150 g/mol. The Kier molecular flexibility index (Phi) is 1.99. The van der Waals surface area contributed by atoms with Gasteiger partial charge in [-0.1, -0.05) is 32.1 Å². The zero-order valence-corrected chi connectivity index (χ0v) is 7.35. The van der Waals surface area contributed by atoms with Crippen LogP contribution in [-0.4, -0.2) is 5.78 Å². The maximum absolute atomic E-state index is 10.9. The van der Waals surface area contributed by atoms with Crippen molar-refractivity contribution < 1.29 is 4.79 Å². The molecule has 11 heavy (non-hydrogen) atoms. The first-order valence-electron chi connectivity index (χ1n) is 3.92. The molecule has 0 aromatic carbocycles. The highest BCUT2D eigenvalue weighted by atomic mass is 16.1. The molecule has 0 radical (unpaired) electrons. The van der Waals surface area contributed by atoms with E-state index >= 15 is 0 Å². The molecular formula is C10H14O. The average molecular weight is 150 g/mol. The second-order valence-electron chi connectivity index (χ2n) is 3.74.